The lowest BCUT2D eigenvalue weighted by molar-refractivity contribution is 0.121. The van der Waals surface area contributed by atoms with E-state index in [4.69, 9.17) is 4.74 Å². The molecule has 2 atom stereocenters. The summed E-state index contributed by atoms with van der Waals surface area (Å²) in [4.78, 5) is 2.30. The molecule has 6 nitrogen and oxygen atoms in total. The molecular formula is C16H24N4O2. The first-order valence-corrected chi connectivity index (χ1v) is 8.39. The molecule has 3 heterocycles. The second kappa shape index (κ2) is 6.10. The van der Waals surface area contributed by atoms with Crippen molar-refractivity contribution in [2.45, 2.75) is 37.8 Å². The lowest BCUT2D eigenvalue weighted by Crippen LogP contribution is -2.53. The highest BCUT2D eigenvalue weighted by atomic mass is 16.5. The van der Waals surface area contributed by atoms with E-state index < -0.39 is 0 Å². The molecule has 1 aliphatic carbocycles. The quantitative estimate of drug-likeness (QED) is 0.825. The van der Waals surface area contributed by atoms with Crippen LogP contribution in [0.1, 0.15) is 24.1 Å². The average molecular weight is 304 g/mol. The fourth-order valence-corrected chi connectivity index (χ4v) is 3.58. The van der Waals surface area contributed by atoms with Crippen LogP contribution in [-0.2, 0) is 17.6 Å². The van der Waals surface area contributed by atoms with Crippen molar-refractivity contribution in [3.63, 3.8) is 0 Å². The van der Waals surface area contributed by atoms with Crippen LogP contribution in [0.2, 0.25) is 0 Å². The van der Waals surface area contributed by atoms with Gasteiger partial charge in [0, 0.05) is 25.6 Å². The number of aliphatic hydroxyl groups is 1. The normalized spacial score (nSPS) is 28.5. The molecule has 2 saturated heterocycles. The van der Waals surface area contributed by atoms with Crippen molar-refractivity contribution >= 4 is 5.82 Å². The van der Waals surface area contributed by atoms with Gasteiger partial charge in [0.15, 0.2) is 5.82 Å². The Balaban J connectivity index is 1.28. The zero-order valence-electron chi connectivity index (χ0n) is 12.9. The molecule has 2 aliphatic heterocycles. The van der Waals surface area contributed by atoms with E-state index in [9.17, 15) is 5.11 Å². The molecule has 1 aromatic rings. The molecule has 0 radical (unpaired) electrons. The van der Waals surface area contributed by atoms with Crippen LogP contribution in [0.5, 0.6) is 0 Å². The van der Waals surface area contributed by atoms with Gasteiger partial charge in [-0.05, 0) is 37.3 Å². The summed E-state index contributed by atoms with van der Waals surface area (Å²) in [5, 5.41) is 21.9. The van der Waals surface area contributed by atoms with Gasteiger partial charge in [-0.1, -0.05) is 0 Å². The molecule has 0 spiro atoms. The maximum absolute atomic E-state index is 9.72. The number of hydrogen-bond acceptors (Lipinski definition) is 6. The van der Waals surface area contributed by atoms with Gasteiger partial charge in [-0.15, -0.1) is 5.10 Å². The summed E-state index contributed by atoms with van der Waals surface area (Å²) in [6.07, 6.45) is 4.39. The molecule has 4 rings (SSSR count). The van der Waals surface area contributed by atoms with Crippen LogP contribution in [0, 0.1) is 5.92 Å². The Bertz CT molecular complexity index is 533. The predicted molar refractivity (Wildman–Crippen MR) is 83.0 cm³/mol. The molecule has 0 aromatic carbocycles. The van der Waals surface area contributed by atoms with Crippen LogP contribution in [0.15, 0.2) is 6.07 Å². The lowest BCUT2D eigenvalue weighted by Gasteiger charge is -2.40. The second-order valence-corrected chi connectivity index (χ2v) is 6.77. The predicted octanol–water partition coefficient (Wildman–Crippen LogP) is 0.141. The number of nitrogens with zero attached hydrogens (tertiary/aromatic N) is 3. The van der Waals surface area contributed by atoms with E-state index in [0.717, 1.165) is 38.3 Å². The molecule has 1 aromatic heterocycles. The fraction of sp³-hybridized carbons (Fsp3) is 0.750. The SMILES string of the molecule is OC1COCC1NCC1CN(c2cc3c(nn2)CCCC3)C1. The molecule has 2 fully saturated rings. The Morgan fingerprint density at radius 1 is 1.23 bits per heavy atom. The number of aromatic nitrogens is 2. The zero-order valence-corrected chi connectivity index (χ0v) is 12.9. The Morgan fingerprint density at radius 3 is 2.91 bits per heavy atom. The molecule has 6 heteroatoms. The first kappa shape index (κ1) is 14.4. The third kappa shape index (κ3) is 2.83. The number of rotatable bonds is 4. The maximum atomic E-state index is 9.72. The molecule has 2 N–H and O–H groups in total. The summed E-state index contributed by atoms with van der Waals surface area (Å²) in [6, 6.07) is 2.33. The summed E-state index contributed by atoms with van der Waals surface area (Å²) in [6.45, 7) is 4.04. The van der Waals surface area contributed by atoms with Gasteiger partial charge in [-0.2, -0.15) is 5.10 Å². The van der Waals surface area contributed by atoms with Crippen LogP contribution >= 0.6 is 0 Å². The lowest BCUT2D eigenvalue weighted by atomic mass is 9.95. The monoisotopic (exact) mass is 304 g/mol. The van der Waals surface area contributed by atoms with E-state index in [0.29, 0.717) is 19.1 Å². The molecule has 0 saturated carbocycles. The summed E-state index contributed by atoms with van der Waals surface area (Å²) < 4.78 is 5.26. The number of fused-ring (bicyclic) bond motifs is 1. The van der Waals surface area contributed by atoms with Crippen LogP contribution in [0.3, 0.4) is 0 Å². The summed E-state index contributed by atoms with van der Waals surface area (Å²) in [7, 11) is 0. The number of anilines is 1. The number of aliphatic hydroxyl groups excluding tert-OH is 1. The smallest absolute Gasteiger partial charge is 0.151 e. The van der Waals surface area contributed by atoms with E-state index in [1.807, 2.05) is 0 Å². The first-order valence-electron chi connectivity index (χ1n) is 8.39. The molecule has 22 heavy (non-hydrogen) atoms. The summed E-state index contributed by atoms with van der Waals surface area (Å²) in [5.74, 6) is 1.65. The molecule has 3 aliphatic rings. The first-order chi connectivity index (χ1) is 10.8. The highest BCUT2D eigenvalue weighted by molar-refractivity contribution is 5.44. The molecule has 0 amide bonds. The minimum absolute atomic E-state index is 0.0950. The van der Waals surface area contributed by atoms with Crippen molar-refractivity contribution in [3.8, 4) is 0 Å². The molecule has 2 unspecified atom stereocenters. The van der Waals surface area contributed by atoms with Gasteiger partial charge >= 0.3 is 0 Å². The van der Waals surface area contributed by atoms with Crippen molar-refractivity contribution in [2.24, 2.45) is 5.92 Å². The summed E-state index contributed by atoms with van der Waals surface area (Å²) in [5.41, 5.74) is 2.59. The Hall–Kier alpha value is -1.24. The van der Waals surface area contributed by atoms with Gasteiger partial charge in [0.2, 0.25) is 0 Å². The van der Waals surface area contributed by atoms with Crippen LogP contribution in [0.4, 0.5) is 5.82 Å². The average Bonchev–Trinajstić information content (AvgIpc) is 2.91. The van der Waals surface area contributed by atoms with Gasteiger partial charge < -0.3 is 20.1 Å². The van der Waals surface area contributed by atoms with Crippen LogP contribution in [0.25, 0.3) is 0 Å². The number of nitrogens with one attached hydrogen (secondary N) is 1. The van der Waals surface area contributed by atoms with Gasteiger partial charge in [0.05, 0.1) is 31.1 Å². The van der Waals surface area contributed by atoms with E-state index in [-0.39, 0.29) is 12.1 Å². The molecule has 0 bridgehead atoms. The topological polar surface area (TPSA) is 70.5 Å². The van der Waals surface area contributed by atoms with Crippen LogP contribution < -0.4 is 10.2 Å². The Labute approximate surface area is 130 Å². The minimum atomic E-state index is -0.359. The number of hydrogen-bond donors (Lipinski definition) is 2. The fourth-order valence-electron chi connectivity index (χ4n) is 3.58. The standard InChI is InChI=1S/C16H24N4O2/c21-15-10-22-9-14(15)17-6-11-7-20(8-11)16-5-12-3-1-2-4-13(12)18-19-16/h5,11,14-15,17,21H,1-4,6-10H2. The van der Waals surface area contributed by atoms with Gasteiger partial charge in [0.1, 0.15) is 0 Å². The van der Waals surface area contributed by atoms with Crippen molar-refractivity contribution in [2.75, 3.05) is 37.7 Å². The minimum Gasteiger partial charge on any atom is -0.389 e. The Kier molecular flexibility index (Phi) is 3.98. The Morgan fingerprint density at radius 2 is 2.09 bits per heavy atom. The second-order valence-electron chi connectivity index (χ2n) is 6.77. The van der Waals surface area contributed by atoms with Crippen molar-refractivity contribution in [3.05, 3.63) is 17.3 Å². The number of ether oxygens (including phenoxy) is 1. The highest BCUT2D eigenvalue weighted by Gasteiger charge is 2.31. The van der Waals surface area contributed by atoms with E-state index in [1.165, 1.54) is 24.1 Å². The third-order valence-corrected chi connectivity index (χ3v) is 5.06. The largest absolute Gasteiger partial charge is 0.389 e. The van der Waals surface area contributed by atoms with Crippen molar-refractivity contribution in [1.29, 1.82) is 0 Å². The van der Waals surface area contributed by atoms with E-state index >= 15 is 0 Å². The molecule has 120 valence electrons. The summed E-state index contributed by atoms with van der Waals surface area (Å²) >= 11 is 0. The van der Waals surface area contributed by atoms with Gasteiger partial charge in [-0.3, -0.25) is 0 Å². The van der Waals surface area contributed by atoms with Crippen molar-refractivity contribution < 1.29 is 9.84 Å². The third-order valence-electron chi connectivity index (χ3n) is 5.06. The van der Waals surface area contributed by atoms with Crippen LogP contribution in [-0.4, -0.2) is 60.3 Å². The van der Waals surface area contributed by atoms with E-state index in [1.54, 1.807) is 0 Å². The van der Waals surface area contributed by atoms with Gasteiger partial charge in [-0.25, -0.2) is 0 Å². The maximum Gasteiger partial charge on any atom is 0.151 e. The highest BCUT2D eigenvalue weighted by Crippen LogP contribution is 2.26. The number of aryl methyl sites for hydroxylation is 2. The zero-order chi connectivity index (χ0) is 14.9. The van der Waals surface area contributed by atoms with Crippen molar-refractivity contribution in [1.82, 2.24) is 15.5 Å². The molecular weight excluding hydrogens is 280 g/mol. The van der Waals surface area contributed by atoms with Gasteiger partial charge in [0.25, 0.3) is 0 Å². The van der Waals surface area contributed by atoms with E-state index in [2.05, 4.69) is 26.5 Å².